The second kappa shape index (κ2) is 6.75. The fourth-order valence-corrected chi connectivity index (χ4v) is 1.67. The van der Waals surface area contributed by atoms with E-state index in [0.717, 1.165) is 5.75 Å². The lowest BCUT2D eigenvalue weighted by atomic mass is 10.2. The van der Waals surface area contributed by atoms with Gasteiger partial charge in [0, 0.05) is 19.2 Å². The van der Waals surface area contributed by atoms with E-state index in [1.165, 1.54) is 4.68 Å². The van der Waals surface area contributed by atoms with Gasteiger partial charge in [0.05, 0.1) is 13.2 Å². The summed E-state index contributed by atoms with van der Waals surface area (Å²) in [5.41, 5.74) is 0.446. The van der Waals surface area contributed by atoms with Crippen LogP contribution in [-0.2, 0) is 11.8 Å². The maximum absolute atomic E-state index is 11.8. The molecule has 0 aliphatic heterocycles. The molecule has 0 aliphatic carbocycles. The van der Waals surface area contributed by atoms with E-state index >= 15 is 0 Å². The van der Waals surface area contributed by atoms with Crippen molar-refractivity contribution in [1.82, 2.24) is 9.78 Å². The van der Waals surface area contributed by atoms with Gasteiger partial charge in [0.2, 0.25) is 0 Å². The number of carbonyl (C=O) groups is 1. The second-order valence-electron chi connectivity index (χ2n) is 4.67. The highest BCUT2D eigenvalue weighted by Crippen LogP contribution is 2.10. The van der Waals surface area contributed by atoms with E-state index in [9.17, 15) is 4.79 Å². The van der Waals surface area contributed by atoms with E-state index in [2.05, 4.69) is 5.10 Å². The summed E-state index contributed by atoms with van der Waals surface area (Å²) >= 11 is 0. The lowest BCUT2D eigenvalue weighted by Crippen LogP contribution is -2.19. The van der Waals surface area contributed by atoms with Crippen molar-refractivity contribution < 1.29 is 14.3 Å². The van der Waals surface area contributed by atoms with E-state index < -0.39 is 0 Å². The minimum absolute atomic E-state index is 0.118. The normalized spacial score (nSPS) is 11.9. The Morgan fingerprint density at radius 2 is 2.00 bits per heavy atom. The zero-order chi connectivity index (χ0) is 14.4. The number of ether oxygens (including phenoxy) is 2. The number of hydrogen-bond donors (Lipinski definition) is 0. The SMILES string of the molecule is CC(COC(=O)c1ccnn1C)COc1ccccc1. The largest absolute Gasteiger partial charge is 0.493 e. The van der Waals surface area contributed by atoms with Crippen LogP contribution in [0.3, 0.4) is 0 Å². The van der Waals surface area contributed by atoms with Gasteiger partial charge in [0.1, 0.15) is 11.4 Å². The first-order chi connectivity index (χ1) is 9.66. The molecule has 106 valence electrons. The lowest BCUT2D eigenvalue weighted by molar-refractivity contribution is 0.0402. The van der Waals surface area contributed by atoms with Gasteiger partial charge in [-0.05, 0) is 18.2 Å². The van der Waals surface area contributed by atoms with Gasteiger partial charge >= 0.3 is 5.97 Å². The van der Waals surface area contributed by atoms with Crippen LogP contribution in [0, 0.1) is 5.92 Å². The second-order valence-corrected chi connectivity index (χ2v) is 4.67. The zero-order valence-corrected chi connectivity index (χ0v) is 11.7. The minimum atomic E-state index is -0.364. The van der Waals surface area contributed by atoms with Gasteiger partial charge in [0.15, 0.2) is 0 Å². The Hall–Kier alpha value is -2.30. The van der Waals surface area contributed by atoms with Crippen LogP contribution in [0.2, 0.25) is 0 Å². The van der Waals surface area contributed by atoms with E-state index in [4.69, 9.17) is 9.47 Å². The summed E-state index contributed by atoms with van der Waals surface area (Å²) in [6, 6.07) is 11.2. The number of nitrogens with zero attached hydrogens (tertiary/aromatic N) is 2. The predicted octanol–water partition coefficient (Wildman–Crippen LogP) is 2.29. The molecular weight excluding hydrogens is 256 g/mol. The fourth-order valence-electron chi connectivity index (χ4n) is 1.67. The van der Waals surface area contributed by atoms with Crippen LogP contribution in [0.4, 0.5) is 0 Å². The zero-order valence-electron chi connectivity index (χ0n) is 11.7. The summed E-state index contributed by atoms with van der Waals surface area (Å²) < 4.78 is 12.3. The molecule has 5 nitrogen and oxygen atoms in total. The number of rotatable bonds is 6. The van der Waals surface area contributed by atoms with Gasteiger partial charge in [0.25, 0.3) is 0 Å². The number of hydrogen-bond acceptors (Lipinski definition) is 4. The quantitative estimate of drug-likeness (QED) is 0.758. The molecule has 0 N–H and O–H groups in total. The van der Waals surface area contributed by atoms with Crippen molar-refractivity contribution in [2.45, 2.75) is 6.92 Å². The van der Waals surface area contributed by atoms with E-state index in [1.807, 2.05) is 37.3 Å². The highest BCUT2D eigenvalue weighted by Gasteiger charge is 2.13. The van der Waals surface area contributed by atoms with Crippen LogP contribution in [0.5, 0.6) is 5.75 Å². The molecule has 1 heterocycles. The third-order valence-corrected chi connectivity index (χ3v) is 2.81. The Morgan fingerprint density at radius 1 is 1.25 bits per heavy atom. The minimum Gasteiger partial charge on any atom is -0.493 e. The summed E-state index contributed by atoms with van der Waals surface area (Å²) in [7, 11) is 1.71. The molecule has 1 aromatic carbocycles. The third kappa shape index (κ3) is 3.85. The average Bonchev–Trinajstić information content (AvgIpc) is 2.90. The topological polar surface area (TPSA) is 53.3 Å². The molecule has 1 unspecified atom stereocenters. The van der Waals surface area contributed by atoms with Crippen molar-refractivity contribution in [3.8, 4) is 5.75 Å². The Kier molecular flexibility index (Phi) is 4.76. The summed E-state index contributed by atoms with van der Waals surface area (Å²) in [5, 5.41) is 3.93. The number of benzene rings is 1. The molecule has 0 amide bonds. The summed E-state index contributed by atoms with van der Waals surface area (Å²) in [4.78, 5) is 11.8. The van der Waals surface area contributed by atoms with Gasteiger partial charge in [-0.25, -0.2) is 4.79 Å². The predicted molar refractivity (Wildman–Crippen MR) is 74.6 cm³/mol. The van der Waals surface area contributed by atoms with Crippen molar-refractivity contribution in [3.05, 3.63) is 48.3 Å². The van der Waals surface area contributed by atoms with Gasteiger partial charge in [-0.2, -0.15) is 5.10 Å². The number of aromatic nitrogens is 2. The van der Waals surface area contributed by atoms with Crippen LogP contribution >= 0.6 is 0 Å². The molecule has 0 saturated heterocycles. The molecule has 2 rings (SSSR count). The van der Waals surface area contributed by atoms with Gasteiger partial charge in [-0.1, -0.05) is 25.1 Å². The van der Waals surface area contributed by atoms with Crippen LogP contribution in [0.1, 0.15) is 17.4 Å². The van der Waals surface area contributed by atoms with Crippen LogP contribution in [0.25, 0.3) is 0 Å². The van der Waals surface area contributed by atoms with Crippen LogP contribution < -0.4 is 4.74 Å². The van der Waals surface area contributed by atoms with Crippen molar-refractivity contribution in [1.29, 1.82) is 0 Å². The van der Waals surface area contributed by atoms with Gasteiger partial charge < -0.3 is 9.47 Å². The van der Waals surface area contributed by atoms with Crippen LogP contribution in [0.15, 0.2) is 42.6 Å². The van der Waals surface area contributed by atoms with Gasteiger partial charge in [-0.3, -0.25) is 4.68 Å². The molecule has 20 heavy (non-hydrogen) atoms. The van der Waals surface area contributed by atoms with E-state index in [1.54, 1.807) is 19.3 Å². The Labute approximate surface area is 118 Å². The van der Waals surface area contributed by atoms with Crippen molar-refractivity contribution in [2.75, 3.05) is 13.2 Å². The molecule has 0 radical (unpaired) electrons. The van der Waals surface area contributed by atoms with Crippen LogP contribution in [-0.4, -0.2) is 29.0 Å². The maximum atomic E-state index is 11.8. The van der Waals surface area contributed by atoms with E-state index in [-0.39, 0.29) is 11.9 Å². The summed E-state index contributed by atoms with van der Waals surface area (Å²) in [6.07, 6.45) is 1.57. The first-order valence-electron chi connectivity index (χ1n) is 6.50. The molecule has 1 atom stereocenters. The monoisotopic (exact) mass is 274 g/mol. The highest BCUT2D eigenvalue weighted by atomic mass is 16.5. The maximum Gasteiger partial charge on any atom is 0.356 e. The highest BCUT2D eigenvalue weighted by molar-refractivity contribution is 5.87. The molecule has 2 aromatic rings. The Morgan fingerprint density at radius 3 is 2.65 bits per heavy atom. The van der Waals surface area contributed by atoms with Crippen molar-refractivity contribution in [3.63, 3.8) is 0 Å². The van der Waals surface area contributed by atoms with Gasteiger partial charge in [-0.15, -0.1) is 0 Å². The number of para-hydroxylation sites is 1. The Balaban J connectivity index is 1.74. The molecular formula is C15H18N2O3. The number of carbonyl (C=O) groups excluding carboxylic acids is 1. The number of esters is 1. The molecule has 0 spiro atoms. The summed E-state index contributed by atoms with van der Waals surface area (Å²) in [6.45, 7) is 2.79. The molecule has 0 saturated carbocycles. The lowest BCUT2D eigenvalue weighted by Gasteiger charge is -2.13. The smallest absolute Gasteiger partial charge is 0.356 e. The average molecular weight is 274 g/mol. The Bertz CT molecular complexity index is 551. The van der Waals surface area contributed by atoms with Crippen molar-refractivity contribution in [2.24, 2.45) is 13.0 Å². The summed E-state index contributed by atoms with van der Waals surface area (Å²) in [5.74, 6) is 0.571. The molecule has 1 aromatic heterocycles. The fraction of sp³-hybridized carbons (Fsp3) is 0.333. The molecule has 5 heteroatoms. The first-order valence-corrected chi connectivity index (χ1v) is 6.50. The first kappa shape index (κ1) is 14.1. The molecule has 0 bridgehead atoms. The standard InChI is InChI=1S/C15H18N2O3/c1-12(10-19-13-6-4-3-5-7-13)11-20-15(18)14-8-9-16-17(14)2/h3-9,12H,10-11H2,1-2H3. The molecule has 0 aliphatic rings. The van der Waals surface area contributed by atoms with Crippen molar-refractivity contribution >= 4 is 5.97 Å². The third-order valence-electron chi connectivity index (χ3n) is 2.81. The number of aryl methyl sites for hydroxylation is 1. The molecule has 0 fully saturated rings. The van der Waals surface area contributed by atoms with E-state index in [0.29, 0.717) is 18.9 Å².